The summed E-state index contributed by atoms with van der Waals surface area (Å²) in [6.45, 7) is 0. The number of hydrogen-bond acceptors (Lipinski definition) is 3. The van der Waals surface area contributed by atoms with Crippen molar-refractivity contribution in [1.29, 1.82) is 5.26 Å². The first kappa shape index (κ1) is 12.6. The Bertz CT molecular complexity index is 612. The van der Waals surface area contributed by atoms with Crippen molar-refractivity contribution in [2.24, 2.45) is 0 Å². The van der Waals surface area contributed by atoms with E-state index < -0.39 is 0 Å². The van der Waals surface area contributed by atoms with Crippen LogP contribution in [0.25, 0.3) is 0 Å². The molecule has 18 heavy (non-hydrogen) atoms. The highest BCUT2D eigenvalue weighted by Crippen LogP contribution is 2.38. The Hall–Kier alpha value is -1.89. The van der Waals surface area contributed by atoms with E-state index >= 15 is 0 Å². The summed E-state index contributed by atoms with van der Waals surface area (Å²) in [5.74, 6) is 0.810. The summed E-state index contributed by atoms with van der Waals surface area (Å²) in [4.78, 5) is 0. The van der Waals surface area contributed by atoms with E-state index in [9.17, 15) is 0 Å². The largest absolute Gasteiger partial charge is 0.454 e. The van der Waals surface area contributed by atoms with Gasteiger partial charge in [0.25, 0.3) is 0 Å². The predicted octanol–water partition coefficient (Wildman–Crippen LogP) is 4.24. The number of ether oxygens (including phenoxy) is 1. The van der Waals surface area contributed by atoms with Crippen LogP contribution in [0.15, 0.2) is 36.4 Å². The van der Waals surface area contributed by atoms with Gasteiger partial charge in [-0.1, -0.05) is 29.3 Å². The first-order valence-electron chi connectivity index (χ1n) is 5.02. The molecule has 0 aliphatic carbocycles. The molecular formula is C13H8Cl2N2O. The number of hydrogen-bond donors (Lipinski definition) is 1. The second-order valence-corrected chi connectivity index (χ2v) is 4.37. The molecule has 0 radical (unpaired) electrons. The summed E-state index contributed by atoms with van der Waals surface area (Å²) >= 11 is 12.0. The van der Waals surface area contributed by atoms with Crippen molar-refractivity contribution in [2.75, 3.05) is 5.73 Å². The molecule has 0 heterocycles. The van der Waals surface area contributed by atoms with E-state index in [1.807, 2.05) is 6.07 Å². The number of nitrogens with two attached hydrogens (primary N) is 1. The second kappa shape index (κ2) is 5.18. The van der Waals surface area contributed by atoms with Gasteiger partial charge in [-0.15, -0.1) is 0 Å². The average Bonchev–Trinajstić information content (AvgIpc) is 2.34. The van der Waals surface area contributed by atoms with E-state index in [2.05, 4.69) is 0 Å². The molecule has 0 aromatic heterocycles. The maximum atomic E-state index is 8.80. The molecule has 0 spiro atoms. The van der Waals surface area contributed by atoms with Gasteiger partial charge in [0, 0.05) is 5.69 Å². The van der Waals surface area contributed by atoms with Crippen molar-refractivity contribution >= 4 is 28.9 Å². The maximum absolute atomic E-state index is 8.80. The van der Waals surface area contributed by atoms with Gasteiger partial charge >= 0.3 is 0 Å². The monoisotopic (exact) mass is 278 g/mol. The Morgan fingerprint density at radius 1 is 1.11 bits per heavy atom. The van der Waals surface area contributed by atoms with Crippen LogP contribution in [0.1, 0.15) is 5.56 Å². The Morgan fingerprint density at radius 3 is 2.39 bits per heavy atom. The molecule has 0 aliphatic rings. The number of anilines is 1. The molecule has 0 atom stereocenters. The number of nitrogen functional groups attached to an aromatic ring is 1. The van der Waals surface area contributed by atoms with Gasteiger partial charge in [0.2, 0.25) is 0 Å². The normalized spacial score (nSPS) is 9.83. The standard InChI is InChI=1S/C13H8Cl2N2O/c14-11-5-9(17)6-12(15)13(11)18-10-3-1-2-8(4-10)7-16/h1-6H,17H2. The average molecular weight is 279 g/mol. The van der Waals surface area contributed by atoms with Crippen LogP contribution >= 0.6 is 23.2 Å². The lowest BCUT2D eigenvalue weighted by Crippen LogP contribution is -1.90. The topological polar surface area (TPSA) is 59.0 Å². The van der Waals surface area contributed by atoms with Crippen molar-refractivity contribution in [2.45, 2.75) is 0 Å². The zero-order valence-corrected chi connectivity index (χ0v) is 10.7. The lowest BCUT2D eigenvalue weighted by Gasteiger charge is -2.10. The highest BCUT2D eigenvalue weighted by Gasteiger charge is 2.10. The summed E-state index contributed by atoms with van der Waals surface area (Å²) in [7, 11) is 0. The summed E-state index contributed by atoms with van der Waals surface area (Å²) in [5.41, 5.74) is 6.56. The van der Waals surface area contributed by atoms with Gasteiger partial charge in [0.1, 0.15) is 5.75 Å². The fourth-order valence-corrected chi connectivity index (χ4v) is 2.01. The number of benzene rings is 2. The molecule has 3 nitrogen and oxygen atoms in total. The number of halogens is 2. The summed E-state index contributed by atoms with van der Waals surface area (Å²) < 4.78 is 5.57. The Balaban J connectivity index is 2.37. The van der Waals surface area contributed by atoms with Crippen LogP contribution in [0.3, 0.4) is 0 Å². The van der Waals surface area contributed by atoms with Crippen LogP contribution in [0.5, 0.6) is 11.5 Å². The van der Waals surface area contributed by atoms with E-state index in [1.54, 1.807) is 36.4 Å². The van der Waals surface area contributed by atoms with Crippen LogP contribution in [0, 0.1) is 11.3 Å². The van der Waals surface area contributed by atoms with Crippen LogP contribution < -0.4 is 10.5 Å². The van der Waals surface area contributed by atoms with Gasteiger partial charge in [0.05, 0.1) is 21.7 Å². The molecule has 0 saturated carbocycles. The quantitative estimate of drug-likeness (QED) is 0.836. The van der Waals surface area contributed by atoms with Crippen LogP contribution in [0.4, 0.5) is 5.69 Å². The van der Waals surface area contributed by atoms with Crippen molar-refractivity contribution in [3.05, 3.63) is 52.0 Å². The van der Waals surface area contributed by atoms with Crippen LogP contribution in [0.2, 0.25) is 10.0 Å². The van der Waals surface area contributed by atoms with E-state index in [4.69, 9.17) is 38.9 Å². The third kappa shape index (κ3) is 2.67. The Morgan fingerprint density at radius 2 is 1.78 bits per heavy atom. The Kier molecular flexibility index (Phi) is 3.61. The van der Waals surface area contributed by atoms with Crippen LogP contribution in [-0.4, -0.2) is 0 Å². The molecule has 0 bridgehead atoms. The van der Waals surface area contributed by atoms with Crippen molar-refractivity contribution in [3.8, 4) is 17.6 Å². The van der Waals surface area contributed by atoms with E-state index in [1.165, 1.54) is 0 Å². The van der Waals surface area contributed by atoms with Gasteiger partial charge in [-0.05, 0) is 30.3 Å². The maximum Gasteiger partial charge on any atom is 0.164 e. The molecule has 0 saturated heterocycles. The summed E-state index contributed by atoms with van der Waals surface area (Å²) in [6, 6.07) is 11.8. The lowest BCUT2D eigenvalue weighted by molar-refractivity contribution is 0.483. The predicted molar refractivity (Wildman–Crippen MR) is 72.1 cm³/mol. The molecule has 5 heteroatoms. The van der Waals surface area contributed by atoms with Gasteiger partial charge in [-0.3, -0.25) is 0 Å². The molecular weight excluding hydrogens is 271 g/mol. The van der Waals surface area contributed by atoms with Crippen LogP contribution in [-0.2, 0) is 0 Å². The molecule has 90 valence electrons. The molecule has 0 aliphatic heterocycles. The minimum absolute atomic E-state index is 0.322. The highest BCUT2D eigenvalue weighted by molar-refractivity contribution is 6.37. The highest BCUT2D eigenvalue weighted by atomic mass is 35.5. The van der Waals surface area contributed by atoms with E-state index in [0.29, 0.717) is 32.8 Å². The smallest absolute Gasteiger partial charge is 0.164 e. The fraction of sp³-hybridized carbons (Fsp3) is 0. The molecule has 2 N–H and O–H groups in total. The fourth-order valence-electron chi connectivity index (χ4n) is 1.42. The van der Waals surface area contributed by atoms with Crippen molar-refractivity contribution < 1.29 is 4.74 Å². The first-order valence-corrected chi connectivity index (χ1v) is 5.78. The lowest BCUT2D eigenvalue weighted by atomic mass is 10.2. The number of nitriles is 1. The number of rotatable bonds is 2. The van der Waals surface area contributed by atoms with Gasteiger partial charge in [-0.2, -0.15) is 5.26 Å². The third-order valence-electron chi connectivity index (χ3n) is 2.20. The second-order valence-electron chi connectivity index (χ2n) is 3.56. The molecule has 2 aromatic rings. The zero-order valence-electron chi connectivity index (χ0n) is 9.15. The summed E-state index contributed by atoms with van der Waals surface area (Å²) in [5, 5.41) is 9.44. The van der Waals surface area contributed by atoms with Gasteiger partial charge in [-0.25, -0.2) is 0 Å². The van der Waals surface area contributed by atoms with E-state index in [0.717, 1.165) is 0 Å². The number of nitrogens with zero attached hydrogens (tertiary/aromatic N) is 1. The third-order valence-corrected chi connectivity index (χ3v) is 2.77. The van der Waals surface area contributed by atoms with Gasteiger partial charge in [0.15, 0.2) is 5.75 Å². The SMILES string of the molecule is N#Cc1cccc(Oc2c(Cl)cc(N)cc2Cl)c1. The molecule has 0 amide bonds. The summed E-state index contributed by atoms with van der Waals surface area (Å²) in [6.07, 6.45) is 0. The molecule has 2 rings (SSSR count). The minimum atomic E-state index is 0.322. The Labute approximate surface area is 114 Å². The molecule has 0 fully saturated rings. The first-order chi connectivity index (χ1) is 8.60. The van der Waals surface area contributed by atoms with Crippen molar-refractivity contribution in [1.82, 2.24) is 0 Å². The van der Waals surface area contributed by atoms with E-state index in [-0.39, 0.29) is 0 Å². The molecule has 0 unspecified atom stereocenters. The van der Waals surface area contributed by atoms with Gasteiger partial charge < -0.3 is 10.5 Å². The zero-order chi connectivity index (χ0) is 13.1. The minimum Gasteiger partial charge on any atom is -0.454 e. The molecule has 2 aromatic carbocycles. The van der Waals surface area contributed by atoms with Crippen molar-refractivity contribution in [3.63, 3.8) is 0 Å².